The molecular formula is C17H16N4O3S. The maximum Gasteiger partial charge on any atom is 0.264 e. The summed E-state index contributed by atoms with van der Waals surface area (Å²) in [6.07, 6.45) is 5.20. The van der Waals surface area contributed by atoms with Gasteiger partial charge in [0, 0.05) is 18.9 Å². The molecule has 3 aromatic heterocycles. The van der Waals surface area contributed by atoms with Gasteiger partial charge in [-0.05, 0) is 30.0 Å². The van der Waals surface area contributed by atoms with Gasteiger partial charge in [-0.2, -0.15) is 0 Å². The molecule has 0 fully saturated rings. The van der Waals surface area contributed by atoms with Gasteiger partial charge in [0.05, 0.1) is 17.7 Å². The average Bonchev–Trinajstić information content (AvgIpc) is 3.17. The van der Waals surface area contributed by atoms with E-state index in [1.54, 1.807) is 18.5 Å². The van der Waals surface area contributed by atoms with Crippen molar-refractivity contribution in [3.8, 4) is 16.5 Å². The van der Waals surface area contributed by atoms with Crippen LogP contribution in [-0.4, -0.2) is 34.0 Å². The number of thiophene rings is 1. The van der Waals surface area contributed by atoms with Gasteiger partial charge in [-0.25, -0.2) is 4.98 Å². The number of rotatable bonds is 7. The molecule has 0 bridgehead atoms. The average molecular weight is 356 g/mol. The number of H-pyrrole nitrogens is 1. The third-order valence-corrected chi connectivity index (χ3v) is 4.18. The van der Waals surface area contributed by atoms with Gasteiger partial charge in [0.25, 0.3) is 11.5 Å². The summed E-state index contributed by atoms with van der Waals surface area (Å²) in [6, 6.07) is 7.32. The molecule has 0 aromatic carbocycles. The molecule has 0 aliphatic heterocycles. The Bertz CT molecular complexity index is 878. The molecule has 3 rings (SSSR count). The number of nitrogens with zero attached hydrogens (tertiary/aromatic N) is 2. The summed E-state index contributed by atoms with van der Waals surface area (Å²) in [5.41, 5.74) is -0.462. The highest BCUT2D eigenvalue weighted by atomic mass is 32.1. The maximum atomic E-state index is 12.1. The second-order valence-electron chi connectivity index (χ2n) is 5.10. The van der Waals surface area contributed by atoms with Crippen LogP contribution in [0.15, 0.2) is 53.0 Å². The molecule has 0 saturated heterocycles. The number of aromatic nitrogens is 3. The van der Waals surface area contributed by atoms with Crippen LogP contribution in [0.3, 0.4) is 0 Å². The zero-order chi connectivity index (χ0) is 17.5. The first-order chi connectivity index (χ1) is 12.2. The summed E-state index contributed by atoms with van der Waals surface area (Å²) >= 11 is 1.46. The van der Waals surface area contributed by atoms with Crippen LogP contribution in [0.4, 0.5) is 0 Å². The van der Waals surface area contributed by atoms with Crippen LogP contribution in [-0.2, 0) is 0 Å². The lowest BCUT2D eigenvalue weighted by Crippen LogP contribution is -2.31. The molecule has 0 aliphatic carbocycles. The highest BCUT2D eigenvalue weighted by Gasteiger charge is 2.12. The molecule has 3 aromatic rings. The van der Waals surface area contributed by atoms with Crippen molar-refractivity contribution in [1.82, 2.24) is 20.3 Å². The van der Waals surface area contributed by atoms with Crippen LogP contribution in [0.1, 0.15) is 16.8 Å². The van der Waals surface area contributed by atoms with Crippen LogP contribution in [0.5, 0.6) is 5.75 Å². The molecule has 7 nitrogen and oxygen atoms in total. The number of pyridine rings is 1. The predicted molar refractivity (Wildman–Crippen MR) is 94.9 cm³/mol. The van der Waals surface area contributed by atoms with E-state index < -0.39 is 11.5 Å². The molecule has 3 heterocycles. The SMILES string of the molecule is O=C(NCCCOc1cccnc1)c1cnc(-c2cccs2)[nH]c1=O. The molecule has 0 saturated carbocycles. The Morgan fingerprint density at radius 2 is 2.20 bits per heavy atom. The first-order valence-electron chi connectivity index (χ1n) is 7.68. The van der Waals surface area contributed by atoms with Crippen molar-refractivity contribution in [3.05, 3.63) is 64.2 Å². The fraction of sp³-hybridized carbons (Fsp3) is 0.176. The van der Waals surface area contributed by atoms with E-state index in [2.05, 4.69) is 20.3 Å². The van der Waals surface area contributed by atoms with Crippen LogP contribution >= 0.6 is 11.3 Å². The number of aromatic amines is 1. The van der Waals surface area contributed by atoms with Crippen molar-refractivity contribution in [2.45, 2.75) is 6.42 Å². The van der Waals surface area contributed by atoms with E-state index in [1.165, 1.54) is 17.5 Å². The van der Waals surface area contributed by atoms with Gasteiger partial charge in [0.1, 0.15) is 17.1 Å². The molecule has 128 valence electrons. The van der Waals surface area contributed by atoms with Gasteiger partial charge < -0.3 is 15.0 Å². The lowest BCUT2D eigenvalue weighted by molar-refractivity contribution is 0.0949. The van der Waals surface area contributed by atoms with Crippen molar-refractivity contribution in [2.75, 3.05) is 13.2 Å². The van der Waals surface area contributed by atoms with E-state index in [1.807, 2.05) is 23.6 Å². The van der Waals surface area contributed by atoms with Crippen LogP contribution in [0.25, 0.3) is 10.7 Å². The fourth-order valence-corrected chi connectivity index (χ4v) is 2.76. The number of ether oxygens (including phenoxy) is 1. The molecular weight excluding hydrogens is 340 g/mol. The number of hydrogen-bond donors (Lipinski definition) is 2. The van der Waals surface area contributed by atoms with E-state index in [0.717, 1.165) is 4.88 Å². The monoisotopic (exact) mass is 356 g/mol. The zero-order valence-electron chi connectivity index (χ0n) is 13.3. The lowest BCUT2D eigenvalue weighted by Gasteiger charge is -2.07. The van der Waals surface area contributed by atoms with Gasteiger partial charge in [-0.1, -0.05) is 6.07 Å². The number of nitrogens with one attached hydrogen (secondary N) is 2. The van der Waals surface area contributed by atoms with E-state index in [-0.39, 0.29) is 5.56 Å². The Labute approximate surface area is 147 Å². The summed E-state index contributed by atoms with van der Waals surface area (Å²) in [7, 11) is 0. The smallest absolute Gasteiger partial charge is 0.264 e. The van der Waals surface area contributed by atoms with Crippen molar-refractivity contribution < 1.29 is 9.53 Å². The highest BCUT2D eigenvalue weighted by Crippen LogP contribution is 2.19. The molecule has 1 amide bonds. The molecule has 2 N–H and O–H groups in total. The molecule has 0 spiro atoms. The third kappa shape index (κ3) is 4.51. The Morgan fingerprint density at radius 1 is 1.28 bits per heavy atom. The predicted octanol–water partition coefficient (Wildman–Crippen LogP) is 2.09. The van der Waals surface area contributed by atoms with Crippen molar-refractivity contribution in [3.63, 3.8) is 0 Å². The fourth-order valence-electron chi connectivity index (χ4n) is 2.09. The van der Waals surface area contributed by atoms with Crippen LogP contribution < -0.4 is 15.6 Å². The minimum Gasteiger partial charge on any atom is -0.492 e. The van der Waals surface area contributed by atoms with E-state index in [4.69, 9.17) is 4.74 Å². The molecule has 0 radical (unpaired) electrons. The summed E-state index contributed by atoms with van der Waals surface area (Å²) < 4.78 is 5.48. The zero-order valence-corrected chi connectivity index (χ0v) is 14.1. The van der Waals surface area contributed by atoms with Crippen molar-refractivity contribution in [1.29, 1.82) is 0 Å². The Morgan fingerprint density at radius 3 is 2.92 bits per heavy atom. The highest BCUT2D eigenvalue weighted by molar-refractivity contribution is 7.13. The van der Waals surface area contributed by atoms with Gasteiger partial charge in [-0.15, -0.1) is 11.3 Å². The van der Waals surface area contributed by atoms with E-state index in [0.29, 0.717) is 31.1 Å². The standard InChI is InChI=1S/C17H16N4O3S/c22-16(19-7-3-8-24-12-4-1-6-18-10-12)13-11-20-15(21-17(13)23)14-5-2-9-25-14/h1-2,4-6,9-11H,3,7-8H2,(H,19,22)(H,20,21,23). The number of carbonyl (C=O) groups is 1. The minimum atomic E-state index is -0.456. The largest absolute Gasteiger partial charge is 0.492 e. The van der Waals surface area contributed by atoms with Gasteiger partial charge in [-0.3, -0.25) is 14.6 Å². The molecule has 25 heavy (non-hydrogen) atoms. The summed E-state index contributed by atoms with van der Waals surface area (Å²) in [5.74, 6) is 0.688. The first kappa shape index (κ1) is 16.8. The van der Waals surface area contributed by atoms with Gasteiger partial charge in [0.2, 0.25) is 0 Å². The third-order valence-electron chi connectivity index (χ3n) is 3.31. The number of amides is 1. The Balaban J connectivity index is 1.49. The minimum absolute atomic E-state index is 0.00603. The van der Waals surface area contributed by atoms with Crippen LogP contribution in [0, 0.1) is 0 Å². The van der Waals surface area contributed by atoms with Gasteiger partial charge >= 0.3 is 0 Å². The normalized spacial score (nSPS) is 10.4. The summed E-state index contributed by atoms with van der Waals surface area (Å²) in [5, 5.41) is 4.58. The second kappa shape index (κ2) is 8.20. The molecule has 0 aliphatic rings. The molecule has 8 heteroatoms. The van der Waals surface area contributed by atoms with Gasteiger partial charge in [0.15, 0.2) is 0 Å². The maximum absolute atomic E-state index is 12.1. The Hall–Kier alpha value is -3.00. The topological polar surface area (TPSA) is 97.0 Å². The van der Waals surface area contributed by atoms with E-state index in [9.17, 15) is 9.59 Å². The molecule has 0 atom stereocenters. The Kier molecular flexibility index (Phi) is 5.53. The van der Waals surface area contributed by atoms with Crippen molar-refractivity contribution in [2.24, 2.45) is 0 Å². The molecule has 0 unspecified atom stereocenters. The summed E-state index contributed by atoms with van der Waals surface area (Å²) in [4.78, 5) is 35.7. The summed E-state index contributed by atoms with van der Waals surface area (Å²) in [6.45, 7) is 0.836. The number of hydrogen-bond acceptors (Lipinski definition) is 6. The second-order valence-corrected chi connectivity index (χ2v) is 6.05. The first-order valence-corrected chi connectivity index (χ1v) is 8.56. The van der Waals surface area contributed by atoms with Crippen molar-refractivity contribution >= 4 is 17.2 Å². The van der Waals surface area contributed by atoms with Crippen LogP contribution in [0.2, 0.25) is 0 Å². The quantitative estimate of drug-likeness (QED) is 0.632. The lowest BCUT2D eigenvalue weighted by atomic mass is 10.3. The van der Waals surface area contributed by atoms with E-state index >= 15 is 0 Å². The number of carbonyl (C=O) groups excluding carboxylic acids is 1.